The average Bonchev–Trinajstić information content (AvgIpc) is 2.41. The van der Waals surface area contributed by atoms with Gasteiger partial charge >= 0.3 is 6.18 Å². The summed E-state index contributed by atoms with van der Waals surface area (Å²) >= 11 is 0. The predicted molar refractivity (Wildman–Crippen MR) is 68.6 cm³/mol. The van der Waals surface area contributed by atoms with Crippen molar-refractivity contribution < 1.29 is 18.0 Å². The summed E-state index contributed by atoms with van der Waals surface area (Å²) in [5.41, 5.74) is 6.22. The molecule has 1 aromatic carbocycles. The van der Waals surface area contributed by atoms with Crippen LogP contribution in [0.15, 0.2) is 24.3 Å². The molecule has 1 aliphatic rings. The van der Waals surface area contributed by atoms with Crippen LogP contribution in [0.3, 0.4) is 0 Å². The number of nitrogens with zero attached hydrogens (tertiary/aromatic N) is 1. The third-order valence-electron chi connectivity index (χ3n) is 2.63. The van der Waals surface area contributed by atoms with E-state index >= 15 is 0 Å². The van der Waals surface area contributed by atoms with Crippen molar-refractivity contribution in [1.82, 2.24) is 0 Å². The van der Waals surface area contributed by atoms with Crippen LogP contribution in [0.5, 0.6) is 0 Å². The minimum absolute atomic E-state index is 0. The normalized spacial score (nSPS) is 19.1. The fourth-order valence-electron chi connectivity index (χ4n) is 1.83. The summed E-state index contributed by atoms with van der Waals surface area (Å²) in [5.74, 6) is -0.732. The molecule has 1 heterocycles. The molecule has 0 saturated carbocycles. The van der Waals surface area contributed by atoms with Crippen molar-refractivity contribution in [1.29, 1.82) is 0 Å². The maximum atomic E-state index is 12.5. The highest BCUT2D eigenvalue weighted by atomic mass is 35.5. The number of hydrogen-bond acceptors (Lipinski definition) is 3. The fourth-order valence-corrected chi connectivity index (χ4v) is 1.83. The summed E-state index contributed by atoms with van der Waals surface area (Å²) in [7, 11) is 0. The number of halogens is 4. The second-order valence-electron chi connectivity index (χ2n) is 4.04. The minimum atomic E-state index is -4.47. The first-order valence-corrected chi connectivity index (χ1v) is 5.35. The zero-order valence-corrected chi connectivity index (χ0v) is 10.6. The van der Waals surface area contributed by atoms with E-state index in [1.54, 1.807) is 18.2 Å². The Morgan fingerprint density at radius 1 is 1.37 bits per heavy atom. The highest BCUT2D eigenvalue weighted by Crippen LogP contribution is 2.30. The first-order valence-electron chi connectivity index (χ1n) is 5.35. The Morgan fingerprint density at radius 3 is 2.63 bits per heavy atom. The zero-order chi connectivity index (χ0) is 13.3. The lowest BCUT2D eigenvalue weighted by molar-refractivity contribution is -0.132. The van der Waals surface area contributed by atoms with Gasteiger partial charge in [-0.25, -0.2) is 0 Å². The van der Waals surface area contributed by atoms with Crippen LogP contribution in [0, 0.1) is 0 Å². The molecule has 8 heteroatoms. The highest BCUT2D eigenvalue weighted by Gasteiger charge is 2.37. The van der Waals surface area contributed by atoms with Crippen molar-refractivity contribution in [2.24, 2.45) is 5.73 Å². The van der Waals surface area contributed by atoms with Gasteiger partial charge in [0.15, 0.2) is 0 Å². The number of hydrogen-bond donors (Lipinski definition) is 2. The molecule has 0 bridgehead atoms. The summed E-state index contributed by atoms with van der Waals surface area (Å²) in [4.78, 5) is 12.5. The van der Waals surface area contributed by atoms with Gasteiger partial charge in [-0.3, -0.25) is 9.69 Å². The molecule has 106 valence electrons. The number of amides is 1. The van der Waals surface area contributed by atoms with E-state index in [2.05, 4.69) is 5.32 Å². The molecule has 0 unspecified atom stereocenters. The molecule has 3 N–H and O–H groups in total. The number of carbonyl (C=O) groups is 1. The summed E-state index contributed by atoms with van der Waals surface area (Å²) in [6, 6.07) is 5.35. The van der Waals surface area contributed by atoms with Crippen LogP contribution in [0.25, 0.3) is 0 Å². The first-order chi connectivity index (χ1) is 8.38. The molecule has 0 spiro atoms. The van der Waals surface area contributed by atoms with Gasteiger partial charge in [0, 0.05) is 6.54 Å². The largest absolute Gasteiger partial charge is 0.406 e. The zero-order valence-electron chi connectivity index (χ0n) is 9.78. The Kier molecular flexibility index (Phi) is 4.65. The predicted octanol–water partition coefficient (Wildman–Crippen LogP) is 1.76. The standard InChI is InChI=1S/C11H12F3N3O.ClH/c12-11(13,14)6-17-9-4-2-1-3-8(9)16-5-7(15)10(17)18;/h1-4,7,16H,5-6,15H2;1H/t7-;/m0./s1. The number of para-hydroxylation sites is 2. The summed E-state index contributed by atoms with van der Waals surface area (Å²) in [6.07, 6.45) is -4.47. The van der Waals surface area contributed by atoms with Crippen LogP contribution >= 0.6 is 12.4 Å². The molecule has 19 heavy (non-hydrogen) atoms. The number of nitrogens with one attached hydrogen (secondary N) is 1. The number of alkyl halides is 3. The van der Waals surface area contributed by atoms with Gasteiger partial charge in [-0.05, 0) is 12.1 Å². The Bertz CT molecular complexity index is 467. The van der Waals surface area contributed by atoms with Gasteiger partial charge in [0.25, 0.3) is 0 Å². The molecule has 0 saturated heterocycles. The molecule has 0 fully saturated rings. The minimum Gasteiger partial charge on any atom is -0.381 e. The second kappa shape index (κ2) is 5.66. The average molecular weight is 296 g/mol. The summed E-state index contributed by atoms with van der Waals surface area (Å²) < 4.78 is 37.5. The third-order valence-corrected chi connectivity index (χ3v) is 2.63. The number of anilines is 2. The lowest BCUT2D eigenvalue weighted by Gasteiger charge is -2.24. The van der Waals surface area contributed by atoms with Gasteiger partial charge in [0.2, 0.25) is 5.91 Å². The number of rotatable bonds is 1. The Hall–Kier alpha value is -1.47. The van der Waals surface area contributed by atoms with E-state index < -0.39 is 24.7 Å². The van der Waals surface area contributed by atoms with Crippen LogP contribution in [0.2, 0.25) is 0 Å². The molecular weight excluding hydrogens is 283 g/mol. The van der Waals surface area contributed by atoms with Crippen LogP contribution in [0.4, 0.5) is 24.5 Å². The molecule has 1 atom stereocenters. The Morgan fingerprint density at radius 2 is 2.00 bits per heavy atom. The number of nitrogens with two attached hydrogens (primary N) is 1. The van der Waals surface area contributed by atoms with E-state index in [0.29, 0.717) is 10.6 Å². The fraction of sp³-hybridized carbons (Fsp3) is 0.364. The summed E-state index contributed by atoms with van der Waals surface area (Å²) in [5, 5.41) is 2.87. The lowest BCUT2D eigenvalue weighted by atomic mass is 10.2. The number of benzene rings is 1. The van der Waals surface area contributed by atoms with Gasteiger partial charge < -0.3 is 11.1 Å². The smallest absolute Gasteiger partial charge is 0.381 e. The van der Waals surface area contributed by atoms with Gasteiger partial charge in [-0.15, -0.1) is 12.4 Å². The van der Waals surface area contributed by atoms with E-state index in [-0.39, 0.29) is 24.6 Å². The second-order valence-corrected chi connectivity index (χ2v) is 4.04. The van der Waals surface area contributed by atoms with Gasteiger partial charge in [-0.1, -0.05) is 12.1 Å². The monoisotopic (exact) mass is 295 g/mol. The maximum Gasteiger partial charge on any atom is 0.406 e. The van der Waals surface area contributed by atoms with Crippen molar-refractivity contribution in [3.63, 3.8) is 0 Å². The van der Waals surface area contributed by atoms with Gasteiger partial charge in [0.05, 0.1) is 11.4 Å². The quantitative estimate of drug-likeness (QED) is 0.830. The van der Waals surface area contributed by atoms with Crippen molar-refractivity contribution in [3.8, 4) is 0 Å². The first kappa shape index (κ1) is 15.6. The molecule has 1 aliphatic heterocycles. The number of fused-ring (bicyclic) bond motifs is 1. The van der Waals surface area contributed by atoms with Crippen molar-refractivity contribution in [2.75, 3.05) is 23.3 Å². The molecule has 0 radical (unpaired) electrons. The van der Waals surface area contributed by atoms with Crippen LogP contribution in [-0.2, 0) is 4.79 Å². The molecular formula is C11H13ClF3N3O. The molecule has 0 aromatic heterocycles. The number of carbonyl (C=O) groups excluding carboxylic acids is 1. The van der Waals surface area contributed by atoms with Gasteiger partial charge in [-0.2, -0.15) is 13.2 Å². The van der Waals surface area contributed by atoms with Crippen LogP contribution in [0.1, 0.15) is 0 Å². The summed E-state index contributed by atoms with van der Waals surface area (Å²) in [6.45, 7) is -1.22. The van der Waals surface area contributed by atoms with Crippen molar-refractivity contribution in [3.05, 3.63) is 24.3 Å². The van der Waals surface area contributed by atoms with Crippen molar-refractivity contribution >= 4 is 29.7 Å². The topological polar surface area (TPSA) is 58.4 Å². The van der Waals surface area contributed by atoms with Crippen molar-refractivity contribution in [2.45, 2.75) is 12.2 Å². The van der Waals surface area contributed by atoms with Gasteiger partial charge in [0.1, 0.15) is 12.6 Å². The van der Waals surface area contributed by atoms with E-state index in [4.69, 9.17) is 5.73 Å². The van der Waals surface area contributed by atoms with E-state index in [1.807, 2.05) is 0 Å². The SMILES string of the molecule is Cl.N[C@H]1CNc2ccccc2N(CC(F)(F)F)C1=O. The van der Waals surface area contributed by atoms with E-state index in [0.717, 1.165) is 0 Å². The Labute approximate surface area is 114 Å². The van der Waals surface area contributed by atoms with E-state index in [1.165, 1.54) is 6.07 Å². The highest BCUT2D eigenvalue weighted by molar-refractivity contribution is 6.01. The Balaban J connectivity index is 0.00000180. The molecule has 1 aromatic rings. The molecule has 2 rings (SSSR count). The van der Waals surface area contributed by atoms with Crippen LogP contribution < -0.4 is 16.0 Å². The molecule has 4 nitrogen and oxygen atoms in total. The maximum absolute atomic E-state index is 12.5. The molecule has 1 amide bonds. The van der Waals surface area contributed by atoms with Crippen LogP contribution in [-0.4, -0.2) is 31.2 Å². The third kappa shape index (κ3) is 3.51. The van der Waals surface area contributed by atoms with E-state index in [9.17, 15) is 18.0 Å². The molecule has 0 aliphatic carbocycles. The lowest BCUT2D eigenvalue weighted by Crippen LogP contribution is -2.48.